The maximum Gasteiger partial charge on any atom is 0.0890 e. The summed E-state index contributed by atoms with van der Waals surface area (Å²) in [6.07, 6.45) is 1.33. The minimum atomic E-state index is -4.70. The zero-order chi connectivity index (χ0) is 16.4. The van der Waals surface area contributed by atoms with Crippen LogP contribution in [0.3, 0.4) is 0 Å². The number of hydrogen-bond acceptors (Lipinski definition) is 8. The third-order valence-corrected chi connectivity index (χ3v) is 4.17. The summed E-state index contributed by atoms with van der Waals surface area (Å²) in [5.74, 6) is 0. The van der Waals surface area contributed by atoms with Gasteiger partial charge in [-0.1, -0.05) is 0 Å². The van der Waals surface area contributed by atoms with Gasteiger partial charge in [-0.15, -0.1) is 0 Å². The van der Waals surface area contributed by atoms with Crippen LogP contribution in [-0.2, 0) is 12.3 Å². The minimum Gasteiger partial charge on any atom is -0.687 e. The molecule has 0 N–H and O–H groups in total. The first-order valence-corrected chi connectivity index (χ1v) is 9.50. The van der Waals surface area contributed by atoms with Crippen LogP contribution in [-0.4, -0.2) is 9.97 Å². The summed E-state index contributed by atoms with van der Waals surface area (Å²) >= 11 is 0. The van der Waals surface area contributed by atoms with Crippen molar-refractivity contribution in [2.24, 2.45) is 0 Å². The predicted octanol–water partition coefficient (Wildman–Crippen LogP) is -3.17. The lowest BCUT2D eigenvalue weighted by molar-refractivity contribution is -0.430. The number of aromatic nitrogens is 2. The van der Waals surface area contributed by atoms with Crippen molar-refractivity contribution in [1.29, 1.82) is 0 Å². The molecule has 0 amide bonds. The zero-order valence-corrected chi connectivity index (χ0v) is 12.9. The summed E-state index contributed by atoms with van der Waals surface area (Å²) in [7, 11) is -9.41. The van der Waals surface area contributed by atoms with Crippen LogP contribution < -0.4 is 29.4 Å². The summed E-state index contributed by atoms with van der Waals surface area (Å²) < 4.78 is 0. The monoisotopic (exact) mass is 340 g/mol. The zero-order valence-electron chi connectivity index (χ0n) is 11.1. The van der Waals surface area contributed by atoms with Gasteiger partial charge >= 0.3 is 0 Å². The van der Waals surface area contributed by atoms with Gasteiger partial charge in [0, 0.05) is 12.4 Å². The van der Waals surface area contributed by atoms with Crippen molar-refractivity contribution < 1.29 is 29.4 Å². The fourth-order valence-corrected chi connectivity index (χ4v) is 3.16. The smallest absolute Gasteiger partial charge is 0.0890 e. The highest BCUT2D eigenvalue weighted by Crippen LogP contribution is 2.35. The Balaban J connectivity index is 2.28. The fraction of sp³-hybridized carbons (Fsp3) is 0.167. The molecular weight excluding hydrogens is 330 g/mol. The predicted molar refractivity (Wildman–Crippen MR) is 68.7 cm³/mol. The molecule has 0 aromatic carbocycles. The number of rotatable bonds is 5. The van der Waals surface area contributed by atoms with E-state index in [2.05, 4.69) is 9.97 Å². The van der Waals surface area contributed by atoms with Crippen molar-refractivity contribution in [1.82, 2.24) is 9.97 Å². The van der Waals surface area contributed by atoms with Gasteiger partial charge in [-0.3, -0.25) is 9.97 Å². The van der Waals surface area contributed by atoms with E-state index in [4.69, 9.17) is 0 Å². The lowest BCUT2D eigenvalue weighted by atomic mass is 10.1. The van der Waals surface area contributed by atoms with Crippen molar-refractivity contribution in [3.63, 3.8) is 0 Å². The van der Waals surface area contributed by atoms with E-state index in [-0.39, 0.29) is 22.5 Å². The SMILES string of the molecule is [O-][P+]([O-])([O-])Cc1ccnc(-c2cc(C[P+]([O-])([O-])[O-])ccn2)c1. The Morgan fingerprint density at radius 3 is 1.36 bits per heavy atom. The lowest BCUT2D eigenvalue weighted by Gasteiger charge is -2.42. The Morgan fingerprint density at radius 1 is 0.682 bits per heavy atom. The fourth-order valence-electron chi connectivity index (χ4n) is 1.87. The molecule has 0 bridgehead atoms. The lowest BCUT2D eigenvalue weighted by Crippen LogP contribution is -2.33. The average Bonchev–Trinajstić information content (AvgIpc) is 2.35. The van der Waals surface area contributed by atoms with E-state index in [9.17, 15) is 29.4 Å². The molecule has 0 aliphatic carbocycles. The van der Waals surface area contributed by atoms with Crippen LogP contribution >= 0.6 is 15.9 Å². The van der Waals surface area contributed by atoms with E-state index in [0.29, 0.717) is 0 Å². The highest BCUT2D eigenvalue weighted by molar-refractivity contribution is 7.53. The molecule has 2 aromatic heterocycles. The largest absolute Gasteiger partial charge is 0.687 e. The van der Waals surface area contributed by atoms with Crippen LogP contribution in [0.5, 0.6) is 0 Å². The van der Waals surface area contributed by atoms with E-state index in [0.717, 1.165) is 0 Å². The normalized spacial score (nSPS) is 12.5. The van der Waals surface area contributed by atoms with Crippen LogP contribution in [0.4, 0.5) is 0 Å². The molecular formula is C12H10N2O6P2-4. The summed E-state index contributed by atoms with van der Waals surface area (Å²) in [5.41, 5.74) is 1.06. The molecule has 22 heavy (non-hydrogen) atoms. The Labute approximate surface area is 127 Å². The van der Waals surface area contributed by atoms with E-state index in [1.165, 1.54) is 36.7 Å². The number of pyridine rings is 2. The van der Waals surface area contributed by atoms with Crippen LogP contribution in [0.2, 0.25) is 0 Å². The molecule has 118 valence electrons. The summed E-state index contributed by atoms with van der Waals surface area (Å²) in [4.78, 5) is 72.8. The van der Waals surface area contributed by atoms with Gasteiger partial charge in [0.25, 0.3) is 0 Å². The Bertz CT molecular complexity index is 599. The van der Waals surface area contributed by atoms with Crippen molar-refractivity contribution >= 4 is 15.9 Å². The Morgan fingerprint density at radius 2 is 1.05 bits per heavy atom. The van der Waals surface area contributed by atoms with Crippen LogP contribution in [0.15, 0.2) is 36.7 Å². The van der Waals surface area contributed by atoms with Crippen LogP contribution in [0.1, 0.15) is 11.1 Å². The molecule has 8 nitrogen and oxygen atoms in total. The quantitative estimate of drug-likeness (QED) is 0.514. The third-order valence-electron chi connectivity index (χ3n) is 2.66. The summed E-state index contributed by atoms with van der Waals surface area (Å²) in [6, 6.07) is 5.53. The van der Waals surface area contributed by atoms with Gasteiger partial charge in [0.15, 0.2) is 0 Å². The first-order chi connectivity index (χ1) is 10.1. The van der Waals surface area contributed by atoms with Gasteiger partial charge < -0.3 is 29.4 Å². The topological polar surface area (TPSA) is 164 Å². The van der Waals surface area contributed by atoms with Gasteiger partial charge in [0.1, 0.15) is 0 Å². The molecule has 0 aliphatic heterocycles. The van der Waals surface area contributed by atoms with Gasteiger partial charge in [-0.2, -0.15) is 15.9 Å². The molecule has 0 fully saturated rings. The highest BCUT2D eigenvalue weighted by atomic mass is 31.2. The first-order valence-electron chi connectivity index (χ1n) is 6.05. The first kappa shape index (κ1) is 17.3. The molecule has 10 heteroatoms. The van der Waals surface area contributed by atoms with E-state index in [1.54, 1.807) is 0 Å². The highest BCUT2D eigenvalue weighted by Gasteiger charge is 2.08. The molecule has 2 heterocycles. The van der Waals surface area contributed by atoms with E-state index >= 15 is 0 Å². The average molecular weight is 340 g/mol. The van der Waals surface area contributed by atoms with E-state index < -0.39 is 28.2 Å². The van der Waals surface area contributed by atoms with Crippen molar-refractivity contribution in [2.45, 2.75) is 12.3 Å². The molecule has 0 unspecified atom stereocenters. The molecule has 0 saturated heterocycles. The molecule has 0 atom stereocenters. The van der Waals surface area contributed by atoms with Gasteiger partial charge in [0.05, 0.1) is 23.7 Å². The number of hydrogen-bond donors (Lipinski definition) is 0. The maximum atomic E-state index is 10.8. The molecule has 0 spiro atoms. The number of nitrogens with zero attached hydrogens (tertiary/aromatic N) is 2. The molecule has 0 aliphatic rings. The van der Waals surface area contributed by atoms with Crippen LogP contribution in [0, 0.1) is 0 Å². The maximum absolute atomic E-state index is 10.8. The second-order valence-corrected chi connectivity index (χ2v) is 7.71. The van der Waals surface area contributed by atoms with Gasteiger partial charge in [-0.25, -0.2) is 0 Å². The van der Waals surface area contributed by atoms with Crippen molar-refractivity contribution in [2.75, 3.05) is 0 Å². The van der Waals surface area contributed by atoms with E-state index in [1.807, 2.05) is 0 Å². The molecule has 2 aromatic rings. The van der Waals surface area contributed by atoms with Crippen molar-refractivity contribution in [3.8, 4) is 11.4 Å². The molecule has 0 radical (unpaired) electrons. The Kier molecular flexibility index (Phi) is 5.17. The summed E-state index contributed by atoms with van der Waals surface area (Å²) in [6.45, 7) is 0. The van der Waals surface area contributed by atoms with Gasteiger partial charge in [0.2, 0.25) is 0 Å². The Hall–Kier alpha value is -1.08. The van der Waals surface area contributed by atoms with Crippen LogP contribution in [0.25, 0.3) is 11.4 Å². The summed E-state index contributed by atoms with van der Waals surface area (Å²) in [5, 5.41) is 0. The standard InChI is InChI=1S/C12H14N2O6P2/c15-21(16,17)7-9-1-3-13-11(5-9)12-6-10(2-4-14-12)8-22(18,19)20/h1-6H,7-8H2,(H2,15,16,17)(H2,18,19,20)/p-4. The van der Waals surface area contributed by atoms with Gasteiger partial charge in [-0.05, 0) is 35.4 Å². The molecule has 2 rings (SSSR count). The second-order valence-electron chi connectivity index (χ2n) is 4.64. The second kappa shape index (κ2) is 6.58. The van der Waals surface area contributed by atoms with Crippen molar-refractivity contribution in [3.05, 3.63) is 47.8 Å². The molecule has 0 saturated carbocycles. The third kappa shape index (κ3) is 5.61. The minimum absolute atomic E-state index is 0.254.